The molecule has 5 rings (SSSR count). The minimum Gasteiger partial charge on any atom is -0.480 e. The highest BCUT2D eigenvalue weighted by atomic mass is 32.1. The number of nitrogens with two attached hydrogens (primary N) is 7. The van der Waals surface area contributed by atoms with Crippen molar-refractivity contribution in [3.05, 3.63) is 94.2 Å². The molecule has 2 saturated heterocycles. The molecule has 2 aromatic carbocycles. The summed E-state index contributed by atoms with van der Waals surface area (Å²) in [4.78, 5) is 155. The lowest BCUT2D eigenvalue weighted by Crippen LogP contribution is -2.61. The molecule has 23 N–H and O–H groups in total. The number of nitrogens with zero attached hydrogens (tertiary/aromatic N) is 6. The van der Waals surface area contributed by atoms with Crippen LogP contribution in [0.1, 0.15) is 73.8 Å². The lowest BCUT2D eigenvalue weighted by atomic mass is 10.0. The Bertz CT molecular complexity index is 3060. The smallest absolute Gasteiger partial charge is 0.326 e. The molecule has 502 valence electrons. The second-order valence-corrected chi connectivity index (χ2v) is 23.3. The van der Waals surface area contributed by atoms with Crippen molar-refractivity contribution < 1.29 is 63.3 Å². The molecule has 3 aromatic rings. The van der Waals surface area contributed by atoms with Gasteiger partial charge in [0.25, 0.3) is 0 Å². The number of β-amino-alcohol motifs (C(OH)–C–C–N with tert-alkyl or cyclic N) is 1. The zero-order valence-electron chi connectivity index (χ0n) is 51.3. The Morgan fingerprint density at radius 1 is 0.630 bits per heavy atom. The number of amides is 9. The third-order valence-electron chi connectivity index (χ3n) is 15.3. The molecule has 0 unspecified atom stereocenters. The lowest BCUT2D eigenvalue weighted by molar-refractivity contribution is -0.148. The molecule has 0 aliphatic carbocycles. The van der Waals surface area contributed by atoms with Crippen LogP contribution in [0.3, 0.4) is 0 Å². The topological polar surface area (TPSA) is 533 Å². The molecule has 1 aromatic heterocycles. The van der Waals surface area contributed by atoms with Gasteiger partial charge in [-0.2, -0.15) is 0 Å². The molecule has 0 bridgehead atoms. The second kappa shape index (κ2) is 37.0. The Kier molecular flexibility index (Phi) is 29.5. The highest BCUT2D eigenvalue weighted by molar-refractivity contribution is 7.09. The van der Waals surface area contributed by atoms with Gasteiger partial charge < -0.3 is 102 Å². The van der Waals surface area contributed by atoms with Gasteiger partial charge in [0, 0.05) is 70.3 Å². The van der Waals surface area contributed by atoms with Crippen LogP contribution in [0.5, 0.6) is 0 Å². The number of aliphatic imine (C=N–C) groups is 3. The number of benzene rings is 2. The number of aliphatic hydroxyl groups excluding tert-OH is 2. The molecule has 0 radical (unpaired) electrons. The largest absolute Gasteiger partial charge is 0.480 e. The van der Waals surface area contributed by atoms with Crippen molar-refractivity contribution in [3.63, 3.8) is 0 Å². The number of guanidine groups is 3. The predicted molar refractivity (Wildman–Crippen MR) is 341 cm³/mol. The van der Waals surface area contributed by atoms with E-state index in [4.69, 9.17) is 40.1 Å². The summed E-state index contributed by atoms with van der Waals surface area (Å²) in [6.07, 6.45) is -0.220. The standard InChI is InChI=1S/C59H87N19O13S/c1-76(45(28-35-15-6-3-7-16-35)52(86)74-41(27-34-13-4-2-5-14-34)49(83)73-40(56(90)91)20-10-24-69-59(65)66)53(87)43(33-79)75-50(84)42(30-37-17-12-26-92-37)71-47(81)31-70-51(85)46-29-36(80)32-78(46)55(89)44-21-11-25-77(44)54(88)39(19-9-23-68-58(63)64)72-48(82)38(60)18-8-22-67-57(61)62/h2-7,12-17,26,36,38-46,79-80H,8-11,18-25,27-33,60H2,1H3,(H,70,85)(H,71,81)(H,72,82)(H,73,83)(H,74,86)(H,75,84)(H,90,91)(H4,61,62,67)(H4,63,64,68)(H4,65,66,69)/t36-,38-,39+,40+,41+,42+,43+,44+,45-,46+/m1/s1. The highest BCUT2D eigenvalue weighted by Gasteiger charge is 2.46. The van der Waals surface area contributed by atoms with Gasteiger partial charge in [-0.15, -0.1) is 11.3 Å². The first-order chi connectivity index (χ1) is 43.9. The fourth-order valence-corrected chi connectivity index (χ4v) is 11.3. The van der Waals surface area contributed by atoms with Crippen molar-refractivity contribution in [2.45, 2.75) is 138 Å². The fraction of sp³-hybridized carbons (Fsp3) is 0.508. The number of nitrogens with one attached hydrogen (secondary N) is 6. The Morgan fingerprint density at radius 2 is 1.16 bits per heavy atom. The molecule has 2 fully saturated rings. The molecule has 10 atom stereocenters. The molecule has 3 heterocycles. The number of thiophene rings is 1. The number of rotatable bonds is 36. The van der Waals surface area contributed by atoms with Gasteiger partial charge in [0.1, 0.15) is 48.3 Å². The van der Waals surface area contributed by atoms with Crippen LogP contribution in [0.4, 0.5) is 0 Å². The van der Waals surface area contributed by atoms with Crippen molar-refractivity contribution in [1.82, 2.24) is 46.6 Å². The number of hydrogen-bond donors (Lipinski definition) is 16. The Balaban J connectivity index is 1.28. The number of carbonyl (C=O) groups is 10. The van der Waals surface area contributed by atoms with E-state index in [1.807, 2.05) is 0 Å². The van der Waals surface area contributed by atoms with E-state index in [2.05, 4.69) is 46.9 Å². The maximum atomic E-state index is 14.6. The lowest BCUT2D eigenvalue weighted by Gasteiger charge is -2.33. The maximum Gasteiger partial charge on any atom is 0.326 e. The van der Waals surface area contributed by atoms with Gasteiger partial charge in [0.2, 0.25) is 53.2 Å². The average Bonchev–Trinajstić information content (AvgIpc) is 1.62. The van der Waals surface area contributed by atoms with E-state index in [-0.39, 0.29) is 115 Å². The number of aliphatic hydroxyl groups is 2. The molecule has 92 heavy (non-hydrogen) atoms. The van der Waals surface area contributed by atoms with Gasteiger partial charge >= 0.3 is 5.97 Å². The first-order valence-electron chi connectivity index (χ1n) is 30.1. The van der Waals surface area contributed by atoms with Crippen molar-refractivity contribution >= 4 is 88.3 Å². The summed E-state index contributed by atoms with van der Waals surface area (Å²) in [6.45, 7) is -1.48. The quantitative estimate of drug-likeness (QED) is 0.0147. The number of likely N-dealkylation sites (tertiary alicyclic amines) is 2. The molecular weight excluding hydrogens is 1210 g/mol. The molecule has 2 aliphatic heterocycles. The van der Waals surface area contributed by atoms with Crippen LogP contribution in [-0.2, 0) is 67.2 Å². The van der Waals surface area contributed by atoms with E-state index in [0.29, 0.717) is 28.8 Å². The molecule has 33 heteroatoms. The Labute approximate surface area is 536 Å². The molecule has 0 spiro atoms. The summed E-state index contributed by atoms with van der Waals surface area (Å²) < 4.78 is 0. The maximum absolute atomic E-state index is 14.6. The summed E-state index contributed by atoms with van der Waals surface area (Å²) in [5, 5.41) is 48.8. The van der Waals surface area contributed by atoms with Crippen molar-refractivity contribution in [2.24, 2.45) is 55.1 Å². The second-order valence-electron chi connectivity index (χ2n) is 22.3. The van der Waals surface area contributed by atoms with E-state index in [1.165, 1.54) is 23.3 Å². The van der Waals surface area contributed by atoms with Gasteiger partial charge in [-0.3, -0.25) is 58.1 Å². The summed E-state index contributed by atoms with van der Waals surface area (Å²) in [7, 11) is 1.26. The van der Waals surface area contributed by atoms with Crippen molar-refractivity contribution in [3.8, 4) is 0 Å². The van der Waals surface area contributed by atoms with Crippen LogP contribution in [0.25, 0.3) is 0 Å². The van der Waals surface area contributed by atoms with Crippen LogP contribution in [0, 0.1) is 0 Å². The number of likely N-dealkylation sites (N-methyl/N-ethyl adjacent to an activating group) is 1. The fourth-order valence-electron chi connectivity index (χ4n) is 10.5. The molecule has 9 amide bonds. The Hall–Kier alpha value is -9.47. The highest BCUT2D eigenvalue weighted by Crippen LogP contribution is 2.27. The van der Waals surface area contributed by atoms with Gasteiger partial charge in [-0.1, -0.05) is 66.7 Å². The molecule has 0 saturated carbocycles. The first-order valence-corrected chi connectivity index (χ1v) is 30.9. The zero-order valence-corrected chi connectivity index (χ0v) is 52.1. The molecule has 32 nitrogen and oxygen atoms in total. The predicted octanol–water partition coefficient (Wildman–Crippen LogP) is -5.34. The number of hydrogen-bond acceptors (Lipinski definition) is 17. The van der Waals surface area contributed by atoms with Crippen LogP contribution >= 0.6 is 11.3 Å². The van der Waals surface area contributed by atoms with E-state index in [9.17, 15) is 63.3 Å². The van der Waals surface area contributed by atoms with Gasteiger partial charge in [0.05, 0.1) is 25.3 Å². The molecular formula is C59H87N19O13S. The number of carboxylic acids is 1. The van der Waals surface area contributed by atoms with Crippen LogP contribution < -0.4 is 72.0 Å². The third kappa shape index (κ3) is 23.4. The van der Waals surface area contributed by atoms with Gasteiger partial charge in [-0.05, 0) is 73.9 Å². The number of carboxylic acid groups (broad SMARTS) is 1. The van der Waals surface area contributed by atoms with E-state index >= 15 is 0 Å². The summed E-state index contributed by atoms with van der Waals surface area (Å²) in [6, 6.07) is 8.54. The normalized spacial score (nSPS) is 17.4. The van der Waals surface area contributed by atoms with Gasteiger partial charge in [-0.25, -0.2) is 4.79 Å². The monoisotopic (exact) mass is 1300 g/mol. The van der Waals surface area contributed by atoms with E-state index in [0.717, 1.165) is 9.80 Å². The van der Waals surface area contributed by atoms with E-state index < -0.39 is 133 Å². The minimum absolute atomic E-state index is 0.0617. The van der Waals surface area contributed by atoms with Crippen molar-refractivity contribution in [2.75, 3.05) is 52.9 Å². The van der Waals surface area contributed by atoms with Crippen LogP contribution in [-0.4, -0.2) is 220 Å². The number of carbonyl (C=O) groups excluding carboxylic acids is 9. The average molecular weight is 1300 g/mol. The van der Waals surface area contributed by atoms with Gasteiger partial charge in [0.15, 0.2) is 17.9 Å². The van der Waals surface area contributed by atoms with Crippen LogP contribution in [0.15, 0.2) is 93.2 Å². The van der Waals surface area contributed by atoms with Crippen molar-refractivity contribution in [1.29, 1.82) is 0 Å². The van der Waals surface area contributed by atoms with Crippen LogP contribution in [0.2, 0.25) is 0 Å². The Morgan fingerprint density at radius 3 is 1.72 bits per heavy atom. The SMILES string of the molecule is CN(C(=O)[C@H](CO)NC(=O)[C@H](Cc1cccs1)NC(=O)CNC(=O)[C@@H]1C[C@@H](O)CN1C(=O)[C@@H]1CCCN1C(=O)[C@H](CCCN=C(N)N)NC(=O)[C@H](N)CCCN=C(N)N)[C@H](Cc1ccccc1)C(=O)N[C@@H](Cc1ccccc1)C(=O)N[C@@H](CCCN=C(N)N)C(=O)O. The zero-order chi connectivity index (χ0) is 67.4. The van der Waals surface area contributed by atoms with E-state index in [1.54, 1.807) is 78.2 Å². The third-order valence-corrected chi connectivity index (χ3v) is 16.2. The number of aliphatic carboxylic acids is 1. The summed E-state index contributed by atoms with van der Waals surface area (Å²) >= 11 is 1.25. The summed E-state index contributed by atoms with van der Waals surface area (Å²) in [5.41, 5.74) is 39.9. The molecule has 2 aliphatic rings. The minimum atomic E-state index is -1.72. The summed E-state index contributed by atoms with van der Waals surface area (Å²) in [5.74, 6) is -9.07. The first kappa shape index (κ1) is 73.3.